The maximum atomic E-state index is 12.0. The Kier molecular flexibility index (Phi) is 6.45. The predicted octanol–water partition coefficient (Wildman–Crippen LogP) is 4.84. The first-order valence-corrected chi connectivity index (χ1v) is 9.55. The molecule has 2 aromatic carbocycles. The lowest BCUT2D eigenvalue weighted by molar-refractivity contribution is -0.146. The summed E-state index contributed by atoms with van der Waals surface area (Å²) in [6, 6.07) is 14.5. The molecule has 27 heavy (non-hydrogen) atoms. The Hall–Kier alpha value is -2.41. The van der Waals surface area contributed by atoms with E-state index in [-0.39, 0.29) is 13.0 Å². The van der Waals surface area contributed by atoms with E-state index >= 15 is 0 Å². The van der Waals surface area contributed by atoms with Gasteiger partial charge in [-0.15, -0.1) is 11.3 Å². The second kappa shape index (κ2) is 8.99. The minimum atomic E-state index is -0.535. The largest absolute Gasteiger partial charge is 0.455 e. The fraction of sp³-hybridized carbons (Fsp3) is 0.105. The van der Waals surface area contributed by atoms with Crippen LogP contribution >= 0.6 is 34.5 Å². The summed E-state index contributed by atoms with van der Waals surface area (Å²) in [5.41, 5.74) is 2.39. The predicted molar refractivity (Wildman–Crippen MR) is 107 cm³/mol. The number of aromatic nitrogens is 1. The van der Waals surface area contributed by atoms with E-state index in [1.807, 2.05) is 35.7 Å². The van der Waals surface area contributed by atoms with E-state index in [2.05, 4.69) is 10.3 Å². The van der Waals surface area contributed by atoms with Gasteiger partial charge in [0.2, 0.25) is 0 Å². The van der Waals surface area contributed by atoms with Crippen LogP contribution in [-0.2, 0) is 20.7 Å². The molecule has 138 valence electrons. The number of carbonyl (C=O) groups excluding carboxylic acids is 2. The summed E-state index contributed by atoms with van der Waals surface area (Å²) in [4.78, 5) is 28.2. The maximum absolute atomic E-state index is 12.0. The molecular weight excluding hydrogens is 407 g/mol. The Morgan fingerprint density at radius 3 is 2.59 bits per heavy atom. The molecule has 3 rings (SSSR count). The van der Waals surface area contributed by atoms with Crippen molar-refractivity contribution in [2.75, 3.05) is 11.9 Å². The van der Waals surface area contributed by atoms with Gasteiger partial charge in [-0.1, -0.05) is 59.6 Å². The van der Waals surface area contributed by atoms with Crippen molar-refractivity contribution in [1.82, 2.24) is 4.98 Å². The number of nitrogens with zero attached hydrogens (tertiary/aromatic N) is 1. The molecule has 1 heterocycles. The summed E-state index contributed by atoms with van der Waals surface area (Å²) >= 11 is 13.0. The minimum Gasteiger partial charge on any atom is -0.455 e. The molecule has 1 N–H and O–H groups in total. The first-order chi connectivity index (χ1) is 13.0. The number of esters is 1. The Labute approximate surface area is 169 Å². The van der Waals surface area contributed by atoms with Crippen LogP contribution in [0, 0.1) is 0 Å². The molecule has 0 radical (unpaired) electrons. The lowest BCUT2D eigenvalue weighted by Gasteiger charge is -2.05. The van der Waals surface area contributed by atoms with Crippen LogP contribution in [0.5, 0.6) is 0 Å². The van der Waals surface area contributed by atoms with Gasteiger partial charge < -0.3 is 4.74 Å². The van der Waals surface area contributed by atoms with Crippen molar-refractivity contribution in [2.45, 2.75) is 6.42 Å². The third-order valence-electron chi connectivity index (χ3n) is 3.52. The average Bonchev–Trinajstić information content (AvgIpc) is 3.12. The van der Waals surface area contributed by atoms with Crippen LogP contribution in [-0.4, -0.2) is 23.5 Å². The van der Waals surface area contributed by atoms with Gasteiger partial charge in [0, 0.05) is 10.9 Å². The zero-order valence-electron chi connectivity index (χ0n) is 13.9. The molecule has 0 aliphatic heterocycles. The number of hydrogen-bond donors (Lipinski definition) is 1. The quantitative estimate of drug-likeness (QED) is 0.579. The van der Waals surface area contributed by atoms with Crippen LogP contribution < -0.4 is 5.32 Å². The molecule has 5 nitrogen and oxygen atoms in total. The number of benzene rings is 2. The van der Waals surface area contributed by atoms with Gasteiger partial charge in [0.1, 0.15) is 0 Å². The van der Waals surface area contributed by atoms with Crippen LogP contribution in [0.15, 0.2) is 53.9 Å². The van der Waals surface area contributed by atoms with Crippen LogP contribution in [0.3, 0.4) is 0 Å². The second-order valence-corrected chi connectivity index (χ2v) is 7.21. The van der Waals surface area contributed by atoms with Gasteiger partial charge in [-0.25, -0.2) is 4.98 Å². The number of rotatable bonds is 6. The lowest BCUT2D eigenvalue weighted by Crippen LogP contribution is -2.21. The van der Waals surface area contributed by atoms with Crippen molar-refractivity contribution in [2.24, 2.45) is 0 Å². The highest BCUT2D eigenvalue weighted by molar-refractivity contribution is 7.14. The highest BCUT2D eigenvalue weighted by Gasteiger charge is 2.12. The molecule has 0 saturated carbocycles. The van der Waals surface area contributed by atoms with Crippen molar-refractivity contribution < 1.29 is 14.3 Å². The third kappa shape index (κ3) is 5.53. The van der Waals surface area contributed by atoms with E-state index in [4.69, 9.17) is 27.9 Å². The van der Waals surface area contributed by atoms with Crippen molar-refractivity contribution in [3.63, 3.8) is 0 Å². The van der Waals surface area contributed by atoms with Gasteiger partial charge >= 0.3 is 5.97 Å². The summed E-state index contributed by atoms with van der Waals surface area (Å²) in [7, 11) is 0. The zero-order chi connectivity index (χ0) is 19.2. The van der Waals surface area contributed by atoms with E-state index in [1.54, 1.807) is 18.2 Å². The number of carbonyl (C=O) groups is 2. The molecule has 0 fully saturated rings. The Balaban J connectivity index is 1.49. The SMILES string of the molecule is O=C(COC(=O)Cc1ccc(Cl)c(Cl)c1)Nc1nc(-c2ccccc2)cs1. The van der Waals surface area contributed by atoms with Gasteiger partial charge in [0.15, 0.2) is 11.7 Å². The number of anilines is 1. The molecule has 0 unspecified atom stereocenters. The van der Waals surface area contributed by atoms with Gasteiger partial charge in [-0.3, -0.25) is 14.9 Å². The summed E-state index contributed by atoms with van der Waals surface area (Å²) in [6.07, 6.45) is -0.000420. The van der Waals surface area contributed by atoms with Gasteiger partial charge in [-0.2, -0.15) is 0 Å². The first kappa shape index (κ1) is 19.4. The monoisotopic (exact) mass is 420 g/mol. The number of ether oxygens (including phenoxy) is 1. The molecule has 0 aliphatic carbocycles. The summed E-state index contributed by atoms with van der Waals surface area (Å²) in [5, 5.41) is 5.68. The first-order valence-electron chi connectivity index (χ1n) is 7.91. The van der Waals surface area contributed by atoms with Crippen LogP contribution in [0.4, 0.5) is 5.13 Å². The van der Waals surface area contributed by atoms with Crippen molar-refractivity contribution in [3.8, 4) is 11.3 Å². The minimum absolute atomic E-state index is 0.000420. The molecule has 0 aliphatic rings. The number of halogens is 2. The highest BCUT2D eigenvalue weighted by Crippen LogP contribution is 2.25. The van der Waals surface area contributed by atoms with E-state index in [0.717, 1.165) is 11.3 Å². The number of nitrogens with one attached hydrogen (secondary N) is 1. The smallest absolute Gasteiger partial charge is 0.310 e. The van der Waals surface area contributed by atoms with E-state index < -0.39 is 11.9 Å². The van der Waals surface area contributed by atoms with Crippen LogP contribution in [0.25, 0.3) is 11.3 Å². The normalized spacial score (nSPS) is 10.4. The average molecular weight is 421 g/mol. The standard InChI is InChI=1S/C19H14Cl2N2O3S/c20-14-7-6-12(8-15(14)21)9-18(25)26-10-17(24)23-19-22-16(11-27-19)13-4-2-1-3-5-13/h1-8,11H,9-10H2,(H,22,23,24). The number of thiazole rings is 1. The molecule has 1 amide bonds. The maximum Gasteiger partial charge on any atom is 0.310 e. The molecule has 0 bridgehead atoms. The molecule has 3 aromatic rings. The van der Waals surface area contributed by atoms with Crippen molar-refractivity contribution in [1.29, 1.82) is 0 Å². The topological polar surface area (TPSA) is 68.3 Å². The number of hydrogen-bond acceptors (Lipinski definition) is 5. The van der Waals surface area contributed by atoms with Crippen molar-refractivity contribution >= 4 is 51.5 Å². The van der Waals surface area contributed by atoms with E-state index in [9.17, 15) is 9.59 Å². The zero-order valence-corrected chi connectivity index (χ0v) is 16.3. The van der Waals surface area contributed by atoms with Crippen molar-refractivity contribution in [3.05, 3.63) is 69.5 Å². The Morgan fingerprint density at radius 1 is 1.07 bits per heavy atom. The molecule has 0 saturated heterocycles. The Morgan fingerprint density at radius 2 is 1.85 bits per heavy atom. The molecule has 1 aromatic heterocycles. The van der Waals surface area contributed by atoms with E-state index in [0.29, 0.717) is 20.7 Å². The highest BCUT2D eigenvalue weighted by atomic mass is 35.5. The Bertz CT molecular complexity index is 961. The lowest BCUT2D eigenvalue weighted by atomic mass is 10.1. The van der Waals surface area contributed by atoms with Crippen LogP contribution in [0.1, 0.15) is 5.56 Å². The summed E-state index contributed by atoms with van der Waals surface area (Å²) in [6.45, 7) is -0.388. The van der Waals surface area contributed by atoms with E-state index in [1.165, 1.54) is 11.3 Å². The summed E-state index contributed by atoms with van der Waals surface area (Å²) in [5.74, 6) is -0.987. The molecule has 0 atom stereocenters. The molecule has 0 spiro atoms. The fourth-order valence-corrected chi connectivity index (χ4v) is 3.30. The molecular formula is C19H14Cl2N2O3S. The second-order valence-electron chi connectivity index (χ2n) is 5.54. The number of amides is 1. The molecule has 8 heteroatoms. The fourth-order valence-electron chi connectivity index (χ4n) is 2.24. The van der Waals surface area contributed by atoms with Gasteiger partial charge in [0.05, 0.1) is 22.2 Å². The third-order valence-corrected chi connectivity index (χ3v) is 5.01. The van der Waals surface area contributed by atoms with Crippen LogP contribution in [0.2, 0.25) is 10.0 Å². The van der Waals surface area contributed by atoms with Gasteiger partial charge in [-0.05, 0) is 17.7 Å². The summed E-state index contributed by atoms with van der Waals surface area (Å²) < 4.78 is 4.99. The van der Waals surface area contributed by atoms with Gasteiger partial charge in [0.25, 0.3) is 5.91 Å².